The molecule has 110 valence electrons. The number of nitrogens with one attached hydrogen (secondary N) is 1. The van der Waals surface area contributed by atoms with Gasteiger partial charge in [0.05, 0.1) is 10.9 Å². The maximum Gasteiger partial charge on any atom is 0.245 e. The monoisotopic (exact) mass is 310 g/mol. The van der Waals surface area contributed by atoms with Crippen LogP contribution in [0.5, 0.6) is 0 Å². The molecule has 0 spiro atoms. The number of nitrogens with zero attached hydrogens (tertiary/aromatic N) is 1. The van der Waals surface area contributed by atoms with E-state index < -0.39 is 5.41 Å². The molecule has 5 heteroatoms. The minimum atomic E-state index is -1.17. The first-order chi connectivity index (χ1) is 10.6. The van der Waals surface area contributed by atoms with Crippen molar-refractivity contribution in [3.05, 3.63) is 52.2 Å². The van der Waals surface area contributed by atoms with Crippen LogP contribution in [0.25, 0.3) is 0 Å². The molecule has 1 atom stereocenters. The smallest absolute Gasteiger partial charge is 0.245 e. The van der Waals surface area contributed by atoms with Crippen molar-refractivity contribution in [3.8, 4) is 6.07 Å². The van der Waals surface area contributed by atoms with Gasteiger partial charge in [-0.1, -0.05) is 24.3 Å². The van der Waals surface area contributed by atoms with Crippen molar-refractivity contribution in [2.24, 2.45) is 5.41 Å². The molecule has 0 bridgehead atoms. The number of ketones is 1. The molecule has 1 amide bonds. The fraction of sp³-hybridized carbons (Fsp3) is 0.235. The molecule has 1 aliphatic rings. The first-order valence-electron chi connectivity index (χ1n) is 7.02. The minimum Gasteiger partial charge on any atom is -0.324 e. The van der Waals surface area contributed by atoms with Crippen LogP contribution in [0, 0.1) is 16.7 Å². The predicted molar refractivity (Wildman–Crippen MR) is 84.7 cm³/mol. The summed E-state index contributed by atoms with van der Waals surface area (Å²) in [6.45, 7) is 0. The van der Waals surface area contributed by atoms with Gasteiger partial charge in [-0.2, -0.15) is 5.26 Å². The molecule has 1 aliphatic heterocycles. The molecule has 1 N–H and O–H groups in total. The number of thiophene rings is 1. The Bertz CT molecular complexity index is 761. The maximum atomic E-state index is 12.4. The van der Waals surface area contributed by atoms with E-state index in [1.165, 1.54) is 11.3 Å². The Morgan fingerprint density at radius 1 is 1.32 bits per heavy atom. The fourth-order valence-corrected chi connectivity index (χ4v) is 3.37. The number of Topliss-reactive ketones (excluding diaryl/α,β-unsaturated/α-hetero) is 1. The molecule has 0 fully saturated rings. The van der Waals surface area contributed by atoms with Crippen LogP contribution >= 0.6 is 11.3 Å². The van der Waals surface area contributed by atoms with Gasteiger partial charge in [-0.25, -0.2) is 0 Å². The molecule has 1 aromatic heterocycles. The highest BCUT2D eigenvalue weighted by Gasteiger charge is 2.42. The quantitative estimate of drug-likeness (QED) is 0.880. The Labute approximate surface area is 132 Å². The van der Waals surface area contributed by atoms with E-state index in [1.807, 2.05) is 35.7 Å². The van der Waals surface area contributed by atoms with Crippen LogP contribution in [0.4, 0.5) is 5.69 Å². The lowest BCUT2D eigenvalue weighted by Gasteiger charge is -2.31. The van der Waals surface area contributed by atoms with Gasteiger partial charge in [0, 0.05) is 18.5 Å². The Morgan fingerprint density at radius 3 is 2.86 bits per heavy atom. The fourth-order valence-electron chi connectivity index (χ4n) is 2.68. The van der Waals surface area contributed by atoms with Gasteiger partial charge in [0.2, 0.25) is 5.91 Å². The van der Waals surface area contributed by atoms with Crippen molar-refractivity contribution in [2.45, 2.75) is 19.3 Å². The molecule has 0 aliphatic carbocycles. The zero-order valence-electron chi connectivity index (χ0n) is 11.8. The second-order valence-electron chi connectivity index (χ2n) is 5.38. The molecule has 0 saturated heterocycles. The number of hydrogen-bond donors (Lipinski definition) is 1. The van der Waals surface area contributed by atoms with Gasteiger partial charge in [0.15, 0.2) is 5.78 Å². The van der Waals surface area contributed by atoms with E-state index in [4.69, 9.17) is 0 Å². The second kappa shape index (κ2) is 5.74. The lowest BCUT2D eigenvalue weighted by molar-refractivity contribution is -0.123. The third-order valence-corrected chi connectivity index (χ3v) is 4.89. The van der Waals surface area contributed by atoms with Crippen molar-refractivity contribution in [1.29, 1.82) is 5.26 Å². The molecular weight excluding hydrogens is 296 g/mol. The average Bonchev–Trinajstić information content (AvgIpc) is 3.07. The van der Waals surface area contributed by atoms with Crippen molar-refractivity contribution >= 4 is 28.7 Å². The number of fused-ring (bicyclic) bond motifs is 1. The van der Waals surface area contributed by atoms with Gasteiger partial charge in [0.1, 0.15) is 5.41 Å². The normalized spacial score (nSPS) is 19.9. The molecule has 2 aromatic rings. The first kappa shape index (κ1) is 14.5. The maximum absolute atomic E-state index is 12.4. The second-order valence-corrected chi connectivity index (χ2v) is 6.33. The summed E-state index contributed by atoms with van der Waals surface area (Å²) in [7, 11) is 0. The third kappa shape index (κ3) is 2.53. The largest absolute Gasteiger partial charge is 0.324 e. The molecule has 2 heterocycles. The zero-order chi connectivity index (χ0) is 15.6. The molecule has 0 radical (unpaired) electrons. The molecular formula is C17H14N2O2S. The van der Waals surface area contributed by atoms with Crippen LogP contribution in [0.2, 0.25) is 0 Å². The number of carbonyl (C=O) groups is 2. The van der Waals surface area contributed by atoms with E-state index in [1.54, 1.807) is 6.07 Å². The van der Waals surface area contributed by atoms with E-state index in [0.717, 1.165) is 11.3 Å². The Hall–Kier alpha value is -2.45. The lowest BCUT2D eigenvalue weighted by atomic mass is 9.75. The number of anilines is 1. The van der Waals surface area contributed by atoms with Gasteiger partial charge >= 0.3 is 0 Å². The van der Waals surface area contributed by atoms with Gasteiger partial charge < -0.3 is 5.32 Å². The van der Waals surface area contributed by atoms with Crippen molar-refractivity contribution in [1.82, 2.24) is 0 Å². The number of amides is 1. The van der Waals surface area contributed by atoms with E-state index >= 15 is 0 Å². The molecule has 4 nitrogen and oxygen atoms in total. The molecule has 3 rings (SSSR count). The SMILES string of the molecule is N#C[C@]1(CCC(=O)c2cccs2)Cc2ccccc2NC1=O. The topological polar surface area (TPSA) is 70.0 Å². The average molecular weight is 310 g/mol. The summed E-state index contributed by atoms with van der Waals surface area (Å²) in [6.07, 6.45) is 0.785. The Balaban J connectivity index is 1.80. The summed E-state index contributed by atoms with van der Waals surface area (Å²) in [5.41, 5.74) is 0.525. The van der Waals surface area contributed by atoms with Gasteiger partial charge in [-0.05, 0) is 29.5 Å². The number of carbonyl (C=O) groups excluding carboxylic acids is 2. The van der Waals surface area contributed by atoms with Crippen LogP contribution in [-0.4, -0.2) is 11.7 Å². The van der Waals surface area contributed by atoms with Crippen LogP contribution in [0.15, 0.2) is 41.8 Å². The molecule has 0 unspecified atom stereocenters. The third-order valence-electron chi connectivity index (χ3n) is 3.98. The van der Waals surface area contributed by atoms with Crippen molar-refractivity contribution < 1.29 is 9.59 Å². The number of benzene rings is 1. The van der Waals surface area contributed by atoms with Crippen LogP contribution in [-0.2, 0) is 11.2 Å². The van der Waals surface area contributed by atoms with Crippen molar-refractivity contribution in [2.75, 3.05) is 5.32 Å². The summed E-state index contributed by atoms with van der Waals surface area (Å²) in [4.78, 5) is 25.2. The summed E-state index contributed by atoms with van der Waals surface area (Å²) in [5.74, 6) is -0.330. The predicted octanol–water partition coefficient (Wildman–Crippen LogP) is 3.42. The Kier molecular flexibility index (Phi) is 3.78. The van der Waals surface area contributed by atoms with E-state index in [2.05, 4.69) is 11.4 Å². The zero-order valence-corrected chi connectivity index (χ0v) is 12.7. The summed E-state index contributed by atoms with van der Waals surface area (Å²) >= 11 is 1.38. The first-order valence-corrected chi connectivity index (χ1v) is 7.90. The van der Waals surface area contributed by atoms with Gasteiger partial charge in [-0.3, -0.25) is 9.59 Å². The number of nitriles is 1. The van der Waals surface area contributed by atoms with Crippen LogP contribution < -0.4 is 5.32 Å². The Morgan fingerprint density at radius 2 is 2.14 bits per heavy atom. The van der Waals surface area contributed by atoms with Gasteiger partial charge in [0.25, 0.3) is 0 Å². The van der Waals surface area contributed by atoms with E-state index in [9.17, 15) is 14.9 Å². The highest BCUT2D eigenvalue weighted by Crippen LogP contribution is 2.37. The van der Waals surface area contributed by atoms with E-state index in [-0.39, 0.29) is 24.5 Å². The van der Waals surface area contributed by atoms with E-state index in [0.29, 0.717) is 11.3 Å². The highest BCUT2D eigenvalue weighted by molar-refractivity contribution is 7.12. The number of para-hydroxylation sites is 1. The molecule has 1 aromatic carbocycles. The standard InChI is InChI=1S/C17H14N2O2S/c18-11-17(8-7-14(20)15-6-3-9-22-15)10-12-4-1-2-5-13(12)19-16(17)21/h1-6,9H,7-8,10H2,(H,19,21)/t17-/m0/s1. The number of rotatable bonds is 4. The van der Waals surface area contributed by atoms with Crippen LogP contribution in [0.1, 0.15) is 28.1 Å². The summed E-state index contributed by atoms with van der Waals surface area (Å²) < 4.78 is 0. The molecule has 22 heavy (non-hydrogen) atoms. The summed E-state index contributed by atoms with van der Waals surface area (Å²) in [5, 5.41) is 14.2. The molecule has 0 saturated carbocycles. The number of hydrogen-bond acceptors (Lipinski definition) is 4. The van der Waals surface area contributed by atoms with Crippen molar-refractivity contribution in [3.63, 3.8) is 0 Å². The highest BCUT2D eigenvalue weighted by atomic mass is 32.1. The summed E-state index contributed by atoms with van der Waals surface area (Å²) in [6, 6.07) is 13.2. The van der Waals surface area contributed by atoms with Crippen LogP contribution in [0.3, 0.4) is 0 Å². The minimum absolute atomic E-state index is 0.0173. The lowest BCUT2D eigenvalue weighted by Crippen LogP contribution is -2.41. The van der Waals surface area contributed by atoms with Gasteiger partial charge in [-0.15, -0.1) is 11.3 Å².